The van der Waals surface area contributed by atoms with E-state index in [0.717, 1.165) is 6.54 Å². The smallest absolute Gasteiger partial charge is 0.0795 e. The lowest BCUT2D eigenvalue weighted by atomic mass is 10.1. The molecule has 1 atom stereocenters. The second kappa shape index (κ2) is 5.98. The summed E-state index contributed by atoms with van der Waals surface area (Å²) >= 11 is 1.69. The molecule has 1 heterocycles. The van der Waals surface area contributed by atoms with Crippen molar-refractivity contribution >= 4 is 17.0 Å². The maximum absolute atomic E-state index is 4.13. The summed E-state index contributed by atoms with van der Waals surface area (Å²) in [5.74, 6) is 0. The van der Waals surface area contributed by atoms with E-state index in [4.69, 9.17) is 0 Å². The highest BCUT2D eigenvalue weighted by molar-refractivity contribution is 7.09. The van der Waals surface area contributed by atoms with E-state index in [1.165, 1.54) is 16.1 Å². The van der Waals surface area contributed by atoms with Crippen molar-refractivity contribution in [3.8, 4) is 0 Å². The van der Waals surface area contributed by atoms with Gasteiger partial charge < -0.3 is 10.2 Å². The maximum atomic E-state index is 4.13. The van der Waals surface area contributed by atoms with Crippen LogP contribution in [-0.4, -0.2) is 24.0 Å². The standard InChI is InChI=1S/C14H19N3S/c1-11(14-8-15-10-18-14)16-13-7-5-4-6-12(13)9-17(2)3/h4-8,10-11,16H,9H2,1-3H3. The van der Waals surface area contributed by atoms with Gasteiger partial charge in [0.1, 0.15) is 0 Å². The van der Waals surface area contributed by atoms with Gasteiger partial charge in [-0.3, -0.25) is 4.98 Å². The number of aromatic nitrogens is 1. The molecule has 0 saturated carbocycles. The van der Waals surface area contributed by atoms with E-state index in [0.29, 0.717) is 6.04 Å². The summed E-state index contributed by atoms with van der Waals surface area (Å²) in [5, 5.41) is 3.56. The van der Waals surface area contributed by atoms with Crippen LogP contribution in [-0.2, 0) is 6.54 Å². The molecule has 1 aromatic heterocycles. The average molecular weight is 261 g/mol. The van der Waals surface area contributed by atoms with Gasteiger partial charge in [0, 0.05) is 23.3 Å². The molecule has 0 spiro atoms. The molecule has 96 valence electrons. The number of thiazole rings is 1. The van der Waals surface area contributed by atoms with Crippen molar-refractivity contribution in [2.24, 2.45) is 0 Å². The van der Waals surface area contributed by atoms with Gasteiger partial charge in [0.05, 0.1) is 11.6 Å². The average Bonchev–Trinajstić information content (AvgIpc) is 2.84. The van der Waals surface area contributed by atoms with Gasteiger partial charge in [-0.05, 0) is 32.6 Å². The van der Waals surface area contributed by atoms with Crippen LogP contribution in [0.2, 0.25) is 0 Å². The number of rotatable bonds is 5. The maximum Gasteiger partial charge on any atom is 0.0795 e. The lowest BCUT2D eigenvalue weighted by Crippen LogP contribution is -2.14. The molecule has 0 fully saturated rings. The van der Waals surface area contributed by atoms with Crippen LogP contribution in [0.25, 0.3) is 0 Å². The molecule has 4 heteroatoms. The molecular formula is C14H19N3S. The summed E-state index contributed by atoms with van der Waals surface area (Å²) in [7, 11) is 4.17. The third-order valence-corrected chi connectivity index (χ3v) is 3.71. The Bertz CT molecular complexity index is 480. The van der Waals surface area contributed by atoms with Crippen molar-refractivity contribution in [3.63, 3.8) is 0 Å². The van der Waals surface area contributed by atoms with E-state index in [-0.39, 0.29) is 0 Å². The molecule has 0 amide bonds. The minimum absolute atomic E-state index is 0.292. The summed E-state index contributed by atoms with van der Waals surface area (Å²) in [6, 6.07) is 8.75. The van der Waals surface area contributed by atoms with Crippen molar-refractivity contribution in [1.29, 1.82) is 0 Å². The number of nitrogens with zero attached hydrogens (tertiary/aromatic N) is 2. The molecule has 0 aliphatic carbocycles. The predicted octanol–water partition coefficient (Wildman–Crippen LogP) is 3.38. The van der Waals surface area contributed by atoms with E-state index in [9.17, 15) is 0 Å². The van der Waals surface area contributed by atoms with Crippen molar-refractivity contribution in [3.05, 3.63) is 46.4 Å². The van der Waals surface area contributed by atoms with Crippen LogP contribution >= 0.6 is 11.3 Å². The van der Waals surface area contributed by atoms with E-state index >= 15 is 0 Å². The third kappa shape index (κ3) is 3.31. The Labute approximate surface area is 112 Å². The molecule has 0 radical (unpaired) electrons. The zero-order chi connectivity index (χ0) is 13.0. The molecular weight excluding hydrogens is 242 g/mol. The summed E-state index contributed by atoms with van der Waals surface area (Å²) in [5.41, 5.74) is 4.39. The van der Waals surface area contributed by atoms with E-state index < -0.39 is 0 Å². The summed E-state index contributed by atoms with van der Waals surface area (Å²) < 4.78 is 0. The highest BCUT2D eigenvalue weighted by Crippen LogP contribution is 2.24. The molecule has 1 unspecified atom stereocenters. The molecule has 2 aromatic rings. The number of hydrogen-bond donors (Lipinski definition) is 1. The zero-order valence-corrected chi connectivity index (χ0v) is 11.9. The molecule has 0 aliphatic rings. The minimum atomic E-state index is 0.292. The summed E-state index contributed by atoms with van der Waals surface area (Å²) in [6.45, 7) is 3.11. The minimum Gasteiger partial charge on any atom is -0.377 e. The second-order valence-electron chi connectivity index (χ2n) is 4.66. The van der Waals surface area contributed by atoms with Gasteiger partial charge in [-0.15, -0.1) is 11.3 Å². The van der Waals surface area contributed by atoms with E-state index in [1.54, 1.807) is 11.3 Å². The first kappa shape index (κ1) is 13.1. The molecule has 1 aromatic carbocycles. The molecule has 2 rings (SSSR count). The Morgan fingerprint density at radius 2 is 2.11 bits per heavy atom. The van der Waals surface area contributed by atoms with Gasteiger partial charge in [-0.1, -0.05) is 18.2 Å². The number of hydrogen-bond acceptors (Lipinski definition) is 4. The second-order valence-corrected chi connectivity index (χ2v) is 5.58. The first-order valence-electron chi connectivity index (χ1n) is 6.04. The normalized spacial score (nSPS) is 12.7. The number of nitrogens with one attached hydrogen (secondary N) is 1. The van der Waals surface area contributed by atoms with Crippen LogP contribution in [0.1, 0.15) is 23.4 Å². The molecule has 0 bridgehead atoms. The SMILES string of the molecule is CC(Nc1ccccc1CN(C)C)c1cncs1. The summed E-state index contributed by atoms with van der Waals surface area (Å²) in [4.78, 5) is 7.56. The van der Waals surface area contributed by atoms with Crippen LogP contribution in [0.4, 0.5) is 5.69 Å². The van der Waals surface area contributed by atoms with Gasteiger partial charge in [-0.2, -0.15) is 0 Å². The Hall–Kier alpha value is -1.39. The van der Waals surface area contributed by atoms with Crippen LogP contribution in [0.15, 0.2) is 36.0 Å². The molecule has 18 heavy (non-hydrogen) atoms. The fourth-order valence-electron chi connectivity index (χ4n) is 1.88. The largest absolute Gasteiger partial charge is 0.377 e. The highest BCUT2D eigenvalue weighted by Gasteiger charge is 2.09. The van der Waals surface area contributed by atoms with Crippen molar-refractivity contribution in [2.45, 2.75) is 19.5 Å². The third-order valence-electron chi connectivity index (χ3n) is 2.75. The van der Waals surface area contributed by atoms with Gasteiger partial charge in [0.2, 0.25) is 0 Å². The van der Waals surface area contributed by atoms with Crippen LogP contribution in [0, 0.1) is 0 Å². The number of benzene rings is 1. The van der Waals surface area contributed by atoms with Crippen LogP contribution in [0.5, 0.6) is 0 Å². The molecule has 3 nitrogen and oxygen atoms in total. The summed E-state index contributed by atoms with van der Waals surface area (Å²) in [6.07, 6.45) is 1.93. The Kier molecular flexibility index (Phi) is 4.33. The first-order chi connectivity index (χ1) is 8.66. The highest BCUT2D eigenvalue weighted by atomic mass is 32.1. The first-order valence-corrected chi connectivity index (χ1v) is 6.92. The Balaban J connectivity index is 2.13. The van der Waals surface area contributed by atoms with Gasteiger partial charge in [0.25, 0.3) is 0 Å². The van der Waals surface area contributed by atoms with E-state index in [1.807, 2.05) is 11.7 Å². The topological polar surface area (TPSA) is 28.2 Å². The van der Waals surface area contributed by atoms with Gasteiger partial charge >= 0.3 is 0 Å². The fraction of sp³-hybridized carbons (Fsp3) is 0.357. The number of anilines is 1. The quantitative estimate of drug-likeness (QED) is 0.894. The van der Waals surface area contributed by atoms with Crippen LogP contribution in [0.3, 0.4) is 0 Å². The molecule has 0 aliphatic heterocycles. The molecule has 1 N–H and O–H groups in total. The van der Waals surface area contributed by atoms with Crippen molar-refractivity contribution < 1.29 is 0 Å². The predicted molar refractivity (Wildman–Crippen MR) is 78.0 cm³/mol. The monoisotopic (exact) mass is 261 g/mol. The zero-order valence-electron chi connectivity index (χ0n) is 11.1. The fourth-order valence-corrected chi connectivity index (χ4v) is 2.51. The van der Waals surface area contributed by atoms with E-state index in [2.05, 4.69) is 60.5 Å². The van der Waals surface area contributed by atoms with Crippen molar-refractivity contribution in [2.75, 3.05) is 19.4 Å². The molecule has 0 saturated heterocycles. The lowest BCUT2D eigenvalue weighted by Gasteiger charge is -2.18. The van der Waals surface area contributed by atoms with Gasteiger partial charge in [-0.25, -0.2) is 0 Å². The lowest BCUT2D eigenvalue weighted by molar-refractivity contribution is 0.403. The van der Waals surface area contributed by atoms with Gasteiger partial charge in [0.15, 0.2) is 0 Å². The Morgan fingerprint density at radius 1 is 1.33 bits per heavy atom. The number of para-hydroxylation sites is 1. The van der Waals surface area contributed by atoms with Crippen molar-refractivity contribution in [1.82, 2.24) is 9.88 Å². The Morgan fingerprint density at radius 3 is 2.78 bits per heavy atom. The van der Waals surface area contributed by atoms with Crippen LogP contribution < -0.4 is 5.32 Å².